The number of fused-ring (bicyclic) bond motifs is 4. The molecule has 1 unspecified atom stereocenters. The molecule has 4 rings (SSSR count). The first-order valence-corrected chi connectivity index (χ1v) is 15.7. The average Bonchev–Trinajstić information content (AvgIpc) is 3.21. The van der Waals surface area contributed by atoms with Crippen LogP contribution in [-0.2, 0) is 16.3 Å². The van der Waals surface area contributed by atoms with Crippen LogP contribution in [0.3, 0.4) is 0 Å². The number of amides is 1. The van der Waals surface area contributed by atoms with Crippen LogP contribution in [0, 0.1) is 12.7 Å². The molecule has 0 aliphatic carbocycles. The minimum Gasteiger partial charge on any atom is -0.361 e. The number of nitrogens with zero attached hydrogens (tertiary/aromatic N) is 3. The second kappa shape index (κ2) is 10.7. The van der Waals surface area contributed by atoms with E-state index in [1.165, 1.54) is 12.1 Å². The van der Waals surface area contributed by atoms with E-state index in [9.17, 15) is 9.18 Å². The average molecular weight is 493 g/mol. The number of allylic oxidation sites excluding steroid dienone is 1. The third kappa shape index (κ3) is 6.52. The number of anilines is 1. The number of aryl methyl sites for hydroxylation is 1. The summed E-state index contributed by atoms with van der Waals surface area (Å²) in [5, 5.41) is 2.90. The molecule has 35 heavy (non-hydrogen) atoms. The topological polar surface area (TPSA) is 69.0 Å². The molecule has 1 aromatic carbocycles. The van der Waals surface area contributed by atoms with Crippen molar-refractivity contribution in [3.63, 3.8) is 0 Å². The first kappa shape index (κ1) is 25.0. The van der Waals surface area contributed by atoms with Gasteiger partial charge in [-0.1, -0.05) is 37.9 Å². The molecule has 1 N–H and O–H groups in total. The van der Waals surface area contributed by atoms with Gasteiger partial charge in [-0.25, -0.2) is 9.37 Å². The summed E-state index contributed by atoms with van der Waals surface area (Å²) < 4.78 is 22.3. The Morgan fingerprint density at radius 1 is 1.20 bits per heavy atom. The van der Waals surface area contributed by atoms with Gasteiger partial charge in [-0.15, -0.1) is 0 Å². The highest BCUT2D eigenvalue weighted by molar-refractivity contribution is 6.76. The predicted molar refractivity (Wildman–Crippen MR) is 140 cm³/mol. The fourth-order valence-electron chi connectivity index (χ4n) is 3.99. The quantitative estimate of drug-likeness (QED) is 0.255. The lowest BCUT2D eigenvalue weighted by molar-refractivity contribution is -0.115. The number of halogens is 1. The van der Waals surface area contributed by atoms with Gasteiger partial charge in [-0.05, 0) is 49.2 Å². The van der Waals surface area contributed by atoms with Crippen molar-refractivity contribution in [1.29, 1.82) is 0 Å². The van der Waals surface area contributed by atoms with Gasteiger partial charge in [-0.2, -0.15) is 0 Å². The number of carbonyl (C=O) groups is 1. The Hall–Kier alpha value is -3.10. The van der Waals surface area contributed by atoms with Gasteiger partial charge in [0, 0.05) is 39.1 Å². The number of benzene rings is 1. The maximum absolute atomic E-state index is 14.3. The zero-order valence-electron chi connectivity index (χ0n) is 20.8. The molecule has 0 fully saturated rings. The number of nitrogens with one attached hydrogen (secondary N) is 1. The molecule has 1 aliphatic rings. The van der Waals surface area contributed by atoms with E-state index in [0.29, 0.717) is 36.7 Å². The van der Waals surface area contributed by atoms with Crippen LogP contribution in [0.4, 0.5) is 10.1 Å². The zero-order chi connectivity index (χ0) is 25.0. The number of aromatic nitrogens is 3. The summed E-state index contributed by atoms with van der Waals surface area (Å²) in [6.45, 7) is 10.00. The predicted octanol–water partition coefficient (Wildman–Crippen LogP) is 6.13. The Morgan fingerprint density at radius 3 is 2.77 bits per heavy atom. The van der Waals surface area contributed by atoms with Crippen molar-refractivity contribution >= 4 is 19.7 Å². The zero-order valence-corrected chi connectivity index (χ0v) is 21.8. The summed E-state index contributed by atoms with van der Waals surface area (Å²) in [5.74, 6) is 0.120. The van der Waals surface area contributed by atoms with E-state index < -0.39 is 8.07 Å². The molecular weight excluding hydrogens is 459 g/mol. The summed E-state index contributed by atoms with van der Waals surface area (Å²) in [5.41, 5.74) is 3.64. The van der Waals surface area contributed by atoms with Gasteiger partial charge >= 0.3 is 0 Å². The number of ether oxygens (including phenoxy) is 1. The van der Waals surface area contributed by atoms with Crippen LogP contribution < -0.4 is 5.32 Å². The number of carbonyl (C=O) groups excluding carboxylic acids is 1. The summed E-state index contributed by atoms with van der Waals surface area (Å²) in [7, 11) is -1.22. The Morgan fingerprint density at radius 2 is 2.03 bits per heavy atom. The Balaban J connectivity index is 1.79. The van der Waals surface area contributed by atoms with Crippen LogP contribution in [0.25, 0.3) is 11.3 Å². The molecule has 1 amide bonds. The molecule has 184 valence electrons. The number of rotatable bonds is 6. The SMILES string of the molecule is Cc1ccc(C2C/C=C/CC(=O)Nc3ccc(F)cc3-c3cn(COCC[Si](C)(C)C)c2n3)nc1. The van der Waals surface area contributed by atoms with Gasteiger partial charge in [0.15, 0.2) is 0 Å². The van der Waals surface area contributed by atoms with Gasteiger partial charge in [0.25, 0.3) is 0 Å². The lowest BCUT2D eigenvalue weighted by Gasteiger charge is -2.19. The largest absolute Gasteiger partial charge is 0.361 e. The van der Waals surface area contributed by atoms with Crippen LogP contribution >= 0.6 is 0 Å². The first-order chi connectivity index (χ1) is 16.7. The number of pyridine rings is 1. The fraction of sp³-hybridized carbons (Fsp3) is 0.370. The molecule has 0 saturated carbocycles. The molecule has 3 heterocycles. The molecule has 6 nitrogen and oxygen atoms in total. The van der Waals surface area contributed by atoms with Crippen LogP contribution in [0.1, 0.15) is 35.8 Å². The molecule has 1 aliphatic heterocycles. The van der Waals surface area contributed by atoms with Crippen molar-refractivity contribution in [2.45, 2.75) is 58.1 Å². The van der Waals surface area contributed by atoms with Gasteiger partial charge in [-0.3, -0.25) is 9.78 Å². The second-order valence-corrected chi connectivity index (χ2v) is 15.9. The molecule has 3 aromatic rings. The monoisotopic (exact) mass is 492 g/mol. The standard InChI is InChI=1S/C27H33FN4O2Si/c1-19-9-11-23(29-16-19)21-7-5-6-8-26(33)30-24-12-10-20(28)15-22(24)25-17-32(27(21)31-25)18-34-13-14-35(2,3)4/h5-6,9-12,15-17,21H,7-8,13-14,18H2,1-4H3,(H,30,33)/b6-5+. The van der Waals surface area contributed by atoms with Gasteiger partial charge in [0.05, 0.1) is 23.0 Å². The van der Waals surface area contributed by atoms with E-state index in [-0.39, 0.29) is 24.1 Å². The maximum atomic E-state index is 14.3. The van der Waals surface area contributed by atoms with Crippen molar-refractivity contribution in [1.82, 2.24) is 14.5 Å². The van der Waals surface area contributed by atoms with Crippen LogP contribution in [0.5, 0.6) is 0 Å². The van der Waals surface area contributed by atoms with E-state index in [1.54, 1.807) is 6.07 Å². The molecule has 0 saturated heterocycles. The van der Waals surface area contributed by atoms with E-state index in [0.717, 1.165) is 23.1 Å². The van der Waals surface area contributed by atoms with Crippen LogP contribution in [0.15, 0.2) is 54.9 Å². The Kier molecular flexibility index (Phi) is 7.62. The molecule has 2 bridgehead atoms. The third-order valence-corrected chi connectivity index (χ3v) is 7.71. The second-order valence-electron chi connectivity index (χ2n) is 10.3. The van der Waals surface area contributed by atoms with Gasteiger partial charge in [0.2, 0.25) is 5.91 Å². The summed E-state index contributed by atoms with van der Waals surface area (Å²) in [6.07, 6.45) is 8.47. The van der Waals surface area contributed by atoms with E-state index in [4.69, 9.17) is 9.72 Å². The Bertz CT molecular complexity index is 1210. The molecular formula is C27H33FN4O2Si. The summed E-state index contributed by atoms with van der Waals surface area (Å²) in [6, 6.07) is 9.47. The van der Waals surface area contributed by atoms with Crippen molar-refractivity contribution in [3.05, 3.63) is 77.8 Å². The smallest absolute Gasteiger partial charge is 0.228 e. The normalized spacial score (nSPS) is 17.2. The Labute approximate surface area is 207 Å². The van der Waals surface area contributed by atoms with Crippen LogP contribution in [0.2, 0.25) is 25.7 Å². The summed E-state index contributed by atoms with van der Waals surface area (Å²) >= 11 is 0. The highest BCUT2D eigenvalue weighted by Gasteiger charge is 2.24. The molecule has 1 atom stereocenters. The summed E-state index contributed by atoms with van der Waals surface area (Å²) in [4.78, 5) is 22.2. The molecule has 0 spiro atoms. The van der Waals surface area contributed by atoms with Crippen molar-refractivity contribution < 1.29 is 13.9 Å². The number of hydrogen-bond donors (Lipinski definition) is 1. The molecule has 0 radical (unpaired) electrons. The highest BCUT2D eigenvalue weighted by Crippen LogP contribution is 2.33. The van der Waals surface area contributed by atoms with E-state index >= 15 is 0 Å². The minimum atomic E-state index is -1.22. The third-order valence-electron chi connectivity index (χ3n) is 6.01. The molecule has 8 heteroatoms. The number of hydrogen-bond acceptors (Lipinski definition) is 4. The van der Waals surface area contributed by atoms with Crippen molar-refractivity contribution in [2.24, 2.45) is 0 Å². The van der Waals surface area contributed by atoms with E-state index in [2.05, 4.69) is 29.9 Å². The minimum absolute atomic E-state index is 0.138. The lowest BCUT2D eigenvalue weighted by Crippen LogP contribution is -2.22. The van der Waals surface area contributed by atoms with E-state index in [1.807, 2.05) is 48.2 Å². The van der Waals surface area contributed by atoms with Gasteiger partial charge < -0.3 is 14.6 Å². The van der Waals surface area contributed by atoms with Crippen molar-refractivity contribution in [3.8, 4) is 11.3 Å². The highest BCUT2D eigenvalue weighted by atomic mass is 28.3. The first-order valence-electron chi connectivity index (χ1n) is 12.0. The number of imidazole rings is 1. The fourth-order valence-corrected chi connectivity index (χ4v) is 4.74. The lowest BCUT2D eigenvalue weighted by atomic mass is 9.98. The molecule has 2 aromatic heterocycles. The van der Waals surface area contributed by atoms with Crippen molar-refractivity contribution in [2.75, 3.05) is 11.9 Å². The van der Waals surface area contributed by atoms with Gasteiger partial charge in [0.1, 0.15) is 18.4 Å². The van der Waals surface area contributed by atoms with Crippen LogP contribution in [-0.4, -0.2) is 35.1 Å². The maximum Gasteiger partial charge on any atom is 0.228 e.